The SMILES string of the molecule is COc1c(C(=O)N2CCC(C(=O)N[C@H]3CN(C)C[C@H]3F)(c3ccc(F)cc3)CC2)c2cc(Cl)ccc2n1CC1CCOCC1. The van der Waals surface area contributed by atoms with Crippen molar-refractivity contribution in [1.82, 2.24) is 19.7 Å². The van der Waals surface area contributed by atoms with Crippen LogP contribution >= 0.6 is 11.6 Å². The summed E-state index contributed by atoms with van der Waals surface area (Å²) in [5.41, 5.74) is 0.948. The minimum absolute atomic E-state index is 0.200. The highest BCUT2D eigenvalue weighted by Gasteiger charge is 2.46. The molecule has 3 aromatic rings. The molecule has 2 atom stereocenters. The van der Waals surface area contributed by atoms with E-state index in [9.17, 15) is 18.4 Å². The highest BCUT2D eigenvalue weighted by atomic mass is 35.5. The van der Waals surface area contributed by atoms with E-state index in [-0.39, 0.29) is 31.4 Å². The minimum Gasteiger partial charge on any atom is -0.482 e. The monoisotopic (exact) mass is 628 g/mol. The summed E-state index contributed by atoms with van der Waals surface area (Å²) >= 11 is 6.43. The van der Waals surface area contributed by atoms with Crippen molar-refractivity contribution in [2.24, 2.45) is 5.92 Å². The first-order chi connectivity index (χ1) is 21.2. The molecule has 3 fully saturated rings. The Kier molecular flexibility index (Phi) is 8.86. The van der Waals surface area contributed by atoms with E-state index >= 15 is 0 Å². The lowest BCUT2D eigenvalue weighted by atomic mass is 9.71. The van der Waals surface area contributed by atoms with E-state index in [2.05, 4.69) is 9.88 Å². The van der Waals surface area contributed by atoms with Crippen molar-refractivity contribution in [1.29, 1.82) is 0 Å². The van der Waals surface area contributed by atoms with E-state index in [1.807, 2.05) is 24.1 Å². The molecule has 3 aliphatic rings. The number of rotatable bonds is 7. The zero-order valence-corrected chi connectivity index (χ0v) is 25.9. The van der Waals surface area contributed by atoms with E-state index < -0.39 is 23.4 Å². The number of nitrogens with one attached hydrogen (secondary N) is 1. The molecule has 1 N–H and O–H groups in total. The molecular formula is C33H39ClF2N4O4. The van der Waals surface area contributed by atoms with Gasteiger partial charge in [-0.15, -0.1) is 0 Å². The molecule has 0 bridgehead atoms. The Morgan fingerprint density at radius 1 is 1.09 bits per heavy atom. The molecule has 3 aliphatic heterocycles. The molecule has 0 spiro atoms. The highest BCUT2D eigenvalue weighted by Crippen LogP contribution is 2.40. The summed E-state index contributed by atoms with van der Waals surface area (Å²) in [6.45, 7) is 3.35. The Morgan fingerprint density at radius 3 is 2.43 bits per heavy atom. The number of methoxy groups -OCH3 is 1. The van der Waals surface area contributed by atoms with E-state index in [1.165, 1.54) is 12.1 Å². The van der Waals surface area contributed by atoms with Crippen LogP contribution in [-0.2, 0) is 21.5 Å². The molecule has 3 saturated heterocycles. The van der Waals surface area contributed by atoms with Crippen molar-refractivity contribution >= 4 is 34.3 Å². The van der Waals surface area contributed by atoms with Crippen LogP contribution in [0.5, 0.6) is 5.88 Å². The second-order valence-corrected chi connectivity index (χ2v) is 12.8. The van der Waals surface area contributed by atoms with Gasteiger partial charge >= 0.3 is 0 Å². The number of aromatic nitrogens is 1. The van der Waals surface area contributed by atoms with Gasteiger partial charge in [-0.3, -0.25) is 9.59 Å². The number of nitrogens with zero attached hydrogens (tertiary/aromatic N) is 3. The van der Waals surface area contributed by atoms with Crippen LogP contribution in [0.2, 0.25) is 5.02 Å². The van der Waals surface area contributed by atoms with Gasteiger partial charge in [0.25, 0.3) is 5.91 Å². The topological polar surface area (TPSA) is 76.0 Å². The molecule has 8 nitrogen and oxygen atoms in total. The smallest absolute Gasteiger partial charge is 0.259 e. The molecule has 0 saturated carbocycles. The summed E-state index contributed by atoms with van der Waals surface area (Å²) in [4.78, 5) is 31.8. The van der Waals surface area contributed by atoms with Crippen LogP contribution in [0.4, 0.5) is 8.78 Å². The molecule has 1 aromatic heterocycles. The summed E-state index contributed by atoms with van der Waals surface area (Å²) in [7, 11) is 3.40. The largest absolute Gasteiger partial charge is 0.482 e. The first-order valence-corrected chi connectivity index (χ1v) is 15.7. The summed E-state index contributed by atoms with van der Waals surface area (Å²) < 4.78 is 42.1. The molecule has 0 aliphatic carbocycles. The average Bonchev–Trinajstić information content (AvgIpc) is 3.51. The van der Waals surface area contributed by atoms with Crippen LogP contribution in [-0.4, -0.2) is 91.9 Å². The highest BCUT2D eigenvalue weighted by molar-refractivity contribution is 6.31. The van der Waals surface area contributed by atoms with Crippen molar-refractivity contribution in [3.8, 4) is 5.88 Å². The fourth-order valence-corrected chi connectivity index (χ4v) is 7.32. The number of carbonyl (C=O) groups excluding carboxylic acids is 2. The molecule has 2 aromatic carbocycles. The van der Waals surface area contributed by atoms with Crippen LogP contribution in [0, 0.1) is 11.7 Å². The third-order valence-corrected chi connectivity index (χ3v) is 9.88. The van der Waals surface area contributed by atoms with E-state index in [4.69, 9.17) is 21.1 Å². The summed E-state index contributed by atoms with van der Waals surface area (Å²) in [5.74, 6) is -0.0154. The number of hydrogen-bond acceptors (Lipinski definition) is 5. The summed E-state index contributed by atoms with van der Waals surface area (Å²) in [5, 5.41) is 4.19. The Balaban J connectivity index is 1.29. The number of halogens is 3. The Morgan fingerprint density at radius 2 is 1.80 bits per heavy atom. The van der Waals surface area contributed by atoms with Crippen LogP contribution in [0.15, 0.2) is 42.5 Å². The standard InChI is InChI=1S/C33H39ClF2N4O4/c1-38-19-26(36)27(20-38)37-32(42)33(22-3-6-24(35)7-4-22)11-13-39(14-12-33)30(41)29-25-17-23(34)5-8-28(25)40(31(29)43-2)18-21-9-15-44-16-10-21/h3-8,17,21,26-27H,9-16,18-20H2,1-2H3,(H,37,42)/t26-,27+/m1/s1. The number of hydrogen-bond donors (Lipinski definition) is 1. The minimum atomic E-state index is -1.17. The second-order valence-electron chi connectivity index (χ2n) is 12.4. The number of piperidine rings is 1. The first kappa shape index (κ1) is 30.8. The van der Waals surface area contributed by atoms with Crippen LogP contribution in [0.25, 0.3) is 10.9 Å². The molecule has 11 heteroatoms. The number of fused-ring (bicyclic) bond motifs is 1. The fourth-order valence-electron chi connectivity index (χ4n) is 7.15. The molecule has 0 radical (unpaired) electrons. The Labute approximate surface area is 261 Å². The van der Waals surface area contributed by atoms with Gasteiger partial charge in [-0.2, -0.15) is 0 Å². The normalized spacial score (nSPS) is 22.8. The van der Waals surface area contributed by atoms with Crippen molar-refractivity contribution in [2.45, 2.75) is 49.9 Å². The number of carbonyl (C=O) groups is 2. The zero-order chi connectivity index (χ0) is 31.0. The van der Waals surface area contributed by atoms with Gasteiger partial charge in [-0.25, -0.2) is 8.78 Å². The van der Waals surface area contributed by atoms with Gasteiger partial charge in [-0.1, -0.05) is 23.7 Å². The van der Waals surface area contributed by atoms with Gasteiger partial charge in [0.1, 0.15) is 17.6 Å². The number of likely N-dealkylation sites (tertiary alicyclic amines) is 2. The Bertz CT molecular complexity index is 1520. The van der Waals surface area contributed by atoms with Crippen molar-refractivity contribution in [2.75, 3.05) is 53.6 Å². The third kappa shape index (κ3) is 5.79. The molecule has 0 unspecified atom stereocenters. The van der Waals surface area contributed by atoms with Gasteiger partial charge in [0.05, 0.1) is 24.1 Å². The number of likely N-dealkylation sites (N-methyl/N-ethyl adjacent to an activating group) is 1. The maximum atomic E-state index is 14.7. The lowest BCUT2D eigenvalue weighted by Gasteiger charge is -2.41. The average molecular weight is 629 g/mol. The predicted molar refractivity (Wildman–Crippen MR) is 165 cm³/mol. The number of alkyl halides is 1. The van der Waals surface area contributed by atoms with Crippen LogP contribution in [0.3, 0.4) is 0 Å². The molecular weight excluding hydrogens is 590 g/mol. The first-order valence-electron chi connectivity index (χ1n) is 15.3. The van der Waals surface area contributed by atoms with Crippen molar-refractivity contribution in [3.05, 3.63) is 64.4 Å². The van der Waals surface area contributed by atoms with Gasteiger partial charge in [0.2, 0.25) is 11.8 Å². The summed E-state index contributed by atoms with van der Waals surface area (Å²) in [6, 6.07) is 10.8. The van der Waals surface area contributed by atoms with E-state index in [0.29, 0.717) is 67.1 Å². The molecule has 6 rings (SSSR count). The predicted octanol–water partition coefficient (Wildman–Crippen LogP) is 4.81. The van der Waals surface area contributed by atoms with Gasteiger partial charge in [0.15, 0.2) is 0 Å². The van der Waals surface area contributed by atoms with Crippen molar-refractivity contribution in [3.63, 3.8) is 0 Å². The quantitative estimate of drug-likeness (QED) is 0.407. The van der Waals surface area contributed by atoms with Gasteiger partial charge in [0, 0.05) is 56.3 Å². The molecule has 2 amide bonds. The zero-order valence-electron chi connectivity index (χ0n) is 25.2. The van der Waals surface area contributed by atoms with Crippen LogP contribution in [0.1, 0.15) is 41.6 Å². The maximum Gasteiger partial charge on any atom is 0.259 e. The number of ether oxygens (including phenoxy) is 2. The second kappa shape index (κ2) is 12.7. The number of amides is 2. The number of benzene rings is 2. The molecule has 4 heterocycles. The van der Waals surface area contributed by atoms with E-state index in [1.54, 1.807) is 30.2 Å². The lowest BCUT2D eigenvalue weighted by Crippen LogP contribution is -2.56. The van der Waals surface area contributed by atoms with Gasteiger partial charge in [-0.05, 0) is 74.5 Å². The Hall–Kier alpha value is -3.21. The van der Waals surface area contributed by atoms with Gasteiger partial charge < -0.3 is 29.2 Å². The summed E-state index contributed by atoms with van der Waals surface area (Å²) in [6.07, 6.45) is 1.30. The third-order valence-electron chi connectivity index (χ3n) is 9.65. The molecule has 236 valence electrons. The van der Waals surface area contributed by atoms with E-state index in [0.717, 1.165) is 23.7 Å². The fraction of sp³-hybridized carbons (Fsp3) is 0.515. The molecule has 44 heavy (non-hydrogen) atoms. The van der Waals surface area contributed by atoms with Crippen molar-refractivity contribution < 1.29 is 27.8 Å². The van der Waals surface area contributed by atoms with Crippen LogP contribution < -0.4 is 10.1 Å². The maximum absolute atomic E-state index is 14.7. The lowest BCUT2D eigenvalue weighted by molar-refractivity contribution is -0.129.